The van der Waals surface area contributed by atoms with Gasteiger partial charge in [0.1, 0.15) is 11.1 Å². The molecule has 0 aliphatic carbocycles. The number of hydrogen-bond acceptors (Lipinski definition) is 5. The molecule has 0 spiro atoms. The van der Waals surface area contributed by atoms with E-state index >= 15 is 0 Å². The second kappa shape index (κ2) is 7.85. The van der Waals surface area contributed by atoms with E-state index in [0.717, 1.165) is 11.1 Å². The minimum Gasteiger partial charge on any atom is -0.443 e. The summed E-state index contributed by atoms with van der Waals surface area (Å²) in [6, 6.07) is 22.1. The summed E-state index contributed by atoms with van der Waals surface area (Å²) in [5.41, 5.74) is 2.15. The van der Waals surface area contributed by atoms with Gasteiger partial charge in [-0.25, -0.2) is 4.98 Å². The highest BCUT2D eigenvalue weighted by atomic mass is 16.6. The molecule has 0 unspecified atom stereocenters. The number of hydrogen-bond donors (Lipinski definition) is 0. The Hall–Kier alpha value is -3.80. The predicted octanol–water partition coefficient (Wildman–Crippen LogP) is 4.65. The second-order valence-electron chi connectivity index (χ2n) is 5.29. The number of fused-ring (bicyclic) bond motifs is 1. The van der Waals surface area contributed by atoms with E-state index in [4.69, 9.17) is 4.42 Å². The highest BCUT2D eigenvalue weighted by Gasteiger charge is 2.19. The van der Waals surface area contributed by atoms with Crippen LogP contribution in [0.3, 0.4) is 0 Å². The Bertz CT molecular complexity index is 1010. The van der Waals surface area contributed by atoms with Crippen LogP contribution < -0.4 is 0 Å². The minimum atomic E-state index is -0.545. The van der Waals surface area contributed by atoms with Gasteiger partial charge in [0, 0.05) is 11.6 Å². The van der Waals surface area contributed by atoms with Crippen molar-refractivity contribution in [3.8, 4) is 0 Å². The van der Waals surface area contributed by atoms with Gasteiger partial charge in [-0.15, -0.1) is 0 Å². The predicted molar refractivity (Wildman–Crippen MR) is 97.0 cm³/mol. The number of ketones is 1. The Morgan fingerprint density at radius 2 is 1.54 bits per heavy atom. The molecule has 0 saturated heterocycles. The molecule has 128 valence electrons. The number of rotatable bonds is 3. The van der Waals surface area contributed by atoms with Crippen molar-refractivity contribution < 1.29 is 14.1 Å². The lowest BCUT2D eigenvalue weighted by atomic mass is 10.0. The number of benzene rings is 3. The van der Waals surface area contributed by atoms with Gasteiger partial charge in [-0.2, -0.15) is 0 Å². The Morgan fingerprint density at radius 1 is 0.885 bits per heavy atom. The highest BCUT2D eigenvalue weighted by molar-refractivity contribution is 6.11. The molecular weight excluding hydrogens is 332 g/mol. The van der Waals surface area contributed by atoms with E-state index in [9.17, 15) is 14.9 Å². The summed E-state index contributed by atoms with van der Waals surface area (Å²) in [5.74, 6) is -0.335. The second-order valence-corrected chi connectivity index (χ2v) is 5.29. The van der Waals surface area contributed by atoms with Gasteiger partial charge in [0.25, 0.3) is 5.69 Å². The first-order chi connectivity index (χ1) is 12.7. The highest BCUT2D eigenvalue weighted by Crippen LogP contribution is 2.21. The zero-order valence-corrected chi connectivity index (χ0v) is 13.6. The molecule has 0 amide bonds. The van der Waals surface area contributed by atoms with Crippen molar-refractivity contribution in [2.75, 3.05) is 0 Å². The maximum absolute atomic E-state index is 12.1. The maximum Gasteiger partial charge on any atom is 0.280 e. The Labute approximate surface area is 148 Å². The van der Waals surface area contributed by atoms with Gasteiger partial charge in [-0.3, -0.25) is 14.9 Å². The van der Waals surface area contributed by atoms with Crippen LogP contribution in [0.25, 0.3) is 11.1 Å². The van der Waals surface area contributed by atoms with Crippen molar-refractivity contribution in [2.24, 2.45) is 0 Å². The fourth-order valence-corrected chi connectivity index (χ4v) is 2.37. The molecule has 6 heteroatoms. The lowest BCUT2D eigenvalue weighted by Crippen LogP contribution is -2.04. The molecule has 0 aliphatic rings. The molecule has 0 bridgehead atoms. The Morgan fingerprint density at radius 3 is 2.27 bits per heavy atom. The van der Waals surface area contributed by atoms with Crippen LogP contribution in [0.1, 0.15) is 15.9 Å². The lowest BCUT2D eigenvalue weighted by Gasteiger charge is -2.01. The molecule has 1 aromatic heterocycles. The molecule has 6 nitrogen and oxygen atoms in total. The number of nitrogens with zero attached hydrogens (tertiary/aromatic N) is 2. The zero-order chi connectivity index (χ0) is 18.4. The van der Waals surface area contributed by atoms with Gasteiger partial charge in [0.05, 0.1) is 4.92 Å². The van der Waals surface area contributed by atoms with Gasteiger partial charge < -0.3 is 4.42 Å². The molecule has 0 atom stereocenters. The largest absolute Gasteiger partial charge is 0.443 e. The van der Waals surface area contributed by atoms with Gasteiger partial charge in [0.2, 0.25) is 0 Å². The molecule has 0 N–H and O–H groups in total. The average Bonchev–Trinajstić information content (AvgIpc) is 3.17. The van der Waals surface area contributed by atoms with E-state index in [-0.39, 0.29) is 17.0 Å². The van der Waals surface area contributed by atoms with Crippen molar-refractivity contribution in [3.63, 3.8) is 0 Å². The van der Waals surface area contributed by atoms with Crippen LogP contribution in [0.4, 0.5) is 5.69 Å². The average molecular weight is 346 g/mol. The topological polar surface area (TPSA) is 86.2 Å². The fraction of sp³-hybridized carbons (Fsp3) is 0. The summed E-state index contributed by atoms with van der Waals surface area (Å²) in [4.78, 5) is 26.3. The molecule has 4 aromatic rings. The third-order valence-electron chi connectivity index (χ3n) is 3.62. The third-order valence-corrected chi connectivity index (χ3v) is 3.62. The number of carbonyl (C=O) groups excluding carboxylic acids is 1. The van der Waals surface area contributed by atoms with Crippen LogP contribution in [0.5, 0.6) is 0 Å². The van der Waals surface area contributed by atoms with Gasteiger partial charge in [-0.05, 0) is 18.2 Å². The van der Waals surface area contributed by atoms with Gasteiger partial charge in [-0.1, -0.05) is 54.6 Å². The number of nitro groups is 1. The SMILES string of the molecule is O=C(c1ccccc1)c1ccccc1[N+](=O)[O-].c1ccc2ocnc2c1. The molecule has 0 aliphatic heterocycles. The molecule has 26 heavy (non-hydrogen) atoms. The van der Waals surface area contributed by atoms with E-state index in [1.165, 1.54) is 18.5 Å². The first kappa shape index (κ1) is 17.0. The van der Waals surface area contributed by atoms with Crippen molar-refractivity contribution in [2.45, 2.75) is 0 Å². The van der Waals surface area contributed by atoms with E-state index in [0.29, 0.717) is 5.56 Å². The summed E-state index contributed by atoms with van der Waals surface area (Å²) in [6.45, 7) is 0. The first-order valence-electron chi connectivity index (χ1n) is 7.78. The number of para-hydroxylation sites is 3. The van der Waals surface area contributed by atoms with Crippen molar-refractivity contribution >= 4 is 22.6 Å². The molecule has 0 fully saturated rings. The summed E-state index contributed by atoms with van der Waals surface area (Å²) in [6.07, 6.45) is 1.45. The molecule has 0 radical (unpaired) electrons. The third kappa shape index (κ3) is 3.81. The first-order valence-corrected chi connectivity index (χ1v) is 7.78. The normalized spacial score (nSPS) is 10.0. The molecule has 1 heterocycles. The van der Waals surface area contributed by atoms with Crippen LogP contribution in [0.2, 0.25) is 0 Å². The van der Waals surface area contributed by atoms with Gasteiger partial charge >= 0.3 is 0 Å². The smallest absolute Gasteiger partial charge is 0.280 e. The van der Waals surface area contributed by atoms with E-state index in [1.54, 1.807) is 42.5 Å². The Balaban J connectivity index is 0.000000181. The monoisotopic (exact) mass is 346 g/mol. The summed E-state index contributed by atoms with van der Waals surface area (Å²) in [7, 11) is 0. The van der Waals surface area contributed by atoms with E-state index in [1.807, 2.05) is 24.3 Å². The standard InChI is InChI=1S/C13H9NO3.C7H5NO/c15-13(10-6-2-1-3-7-10)11-8-4-5-9-12(11)14(16)17;1-2-4-7-6(3-1)8-5-9-7/h1-9H;1-5H. The quantitative estimate of drug-likeness (QED) is 0.306. The Kier molecular flexibility index (Phi) is 5.14. The van der Waals surface area contributed by atoms with Crippen LogP contribution in [0, 0.1) is 10.1 Å². The molecule has 3 aromatic carbocycles. The number of nitro benzene ring substituents is 1. The molecule has 0 saturated carbocycles. The molecular formula is C20H14N2O4. The number of aromatic nitrogens is 1. The van der Waals surface area contributed by atoms with Crippen molar-refractivity contribution in [1.82, 2.24) is 4.98 Å². The van der Waals surface area contributed by atoms with Crippen LogP contribution in [-0.4, -0.2) is 15.7 Å². The summed E-state index contributed by atoms with van der Waals surface area (Å²) in [5, 5.41) is 10.8. The minimum absolute atomic E-state index is 0.115. The fourth-order valence-electron chi connectivity index (χ4n) is 2.37. The van der Waals surface area contributed by atoms with E-state index < -0.39 is 4.92 Å². The molecule has 4 rings (SSSR count). The maximum atomic E-state index is 12.1. The lowest BCUT2D eigenvalue weighted by molar-refractivity contribution is -0.385. The number of oxazole rings is 1. The van der Waals surface area contributed by atoms with E-state index in [2.05, 4.69) is 4.98 Å². The van der Waals surface area contributed by atoms with Gasteiger partial charge in [0.15, 0.2) is 17.8 Å². The summed E-state index contributed by atoms with van der Waals surface area (Å²) < 4.78 is 5.01. The van der Waals surface area contributed by atoms with Crippen molar-refractivity contribution in [3.05, 3.63) is 106 Å². The van der Waals surface area contributed by atoms with Crippen molar-refractivity contribution in [1.29, 1.82) is 0 Å². The number of carbonyl (C=O) groups is 1. The van der Waals surface area contributed by atoms with Crippen LogP contribution >= 0.6 is 0 Å². The zero-order valence-electron chi connectivity index (χ0n) is 13.6. The van der Waals surface area contributed by atoms with Crippen LogP contribution in [-0.2, 0) is 0 Å². The summed E-state index contributed by atoms with van der Waals surface area (Å²) >= 11 is 0. The van der Waals surface area contributed by atoms with Crippen LogP contribution in [0.15, 0.2) is 89.7 Å².